The molecule has 22 heavy (non-hydrogen) atoms. The van der Waals surface area contributed by atoms with Crippen LogP contribution in [0.25, 0.3) is 0 Å². The lowest BCUT2D eigenvalue weighted by atomic mass is 10.1. The van der Waals surface area contributed by atoms with Gasteiger partial charge in [-0.1, -0.05) is 28.1 Å². The molecule has 0 saturated carbocycles. The van der Waals surface area contributed by atoms with Gasteiger partial charge in [0.1, 0.15) is 16.5 Å². The SMILES string of the molecule is COc1ccc(Br)cc1S(=O)(=O)N[C@H](C)c1ccc(F)cc1. The molecular weight excluding hydrogens is 373 g/mol. The molecule has 0 fully saturated rings. The summed E-state index contributed by atoms with van der Waals surface area (Å²) in [7, 11) is -2.37. The summed E-state index contributed by atoms with van der Waals surface area (Å²) in [5, 5.41) is 0. The van der Waals surface area contributed by atoms with Crippen LogP contribution in [0.15, 0.2) is 51.8 Å². The molecule has 0 saturated heterocycles. The standard InChI is InChI=1S/C15H15BrFNO3S/c1-10(11-3-6-13(17)7-4-11)18-22(19,20)15-9-12(16)5-8-14(15)21-2/h3-10,18H,1-2H3/t10-/m1/s1. The molecule has 0 bridgehead atoms. The van der Waals surface area contributed by atoms with Crippen LogP contribution in [0.4, 0.5) is 4.39 Å². The van der Waals surface area contributed by atoms with E-state index in [1.807, 2.05) is 0 Å². The second-order valence-corrected chi connectivity index (χ2v) is 7.29. The van der Waals surface area contributed by atoms with E-state index in [1.54, 1.807) is 31.2 Å². The monoisotopic (exact) mass is 387 g/mol. The van der Waals surface area contributed by atoms with E-state index in [0.717, 1.165) is 0 Å². The van der Waals surface area contributed by atoms with Gasteiger partial charge in [0, 0.05) is 10.5 Å². The molecule has 2 rings (SSSR count). The first-order valence-electron chi connectivity index (χ1n) is 6.45. The summed E-state index contributed by atoms with van der Waals surface area (Å²) in [6, 6.07) is 9.90. The van der Waals surface area contributed by atoms with Gasteiger partial charge >= 0.3 is 0 Å². The minimum absolute atomic E-state index is 0.0401. The minimum atomic E-state index is -3.78. The molecular formula is C15H15BrFNO3S. The van der Waals surface area contributed by atoms with E-state index < -0.39 is 16.1 Å². The van der Waals surface area contributed by atoms with Gasteiger partial charge in [0.15, 0.2) is 0 Å². The zero-order valence-electron chi connectivity index (χ0n) is 12.0. The van der Waals surface area contributed by atoms with Crippen LogP contribution in [0.1, 0.15) is 18.5 Å². The molecule has 4 nitrogen and oxygen atoms in total. The highest BCUT2D eigenvalue weighted by molar-refractivity contribution is 9.10. The first-order chi connectivity index (χ1) is 10.3. The van der Waals surface area contributed by atoms with E-state index >= 15 is 0 Å². The Morgan fingerprint density at radius 2 is 1.82 bits per heavy atom. The largest absolute Gasteiger partial charge is 0.495 e. The maximum absolute atomic E-state index is 12.9. The van der Waals surface area contributed by atoms with Crippen LogP contribution < -0.4 is 9.46 Å². The fourth-order valence-corrected chi connectivity index (χ4v) is 3.92. The van der Waals surface area contributed by atoms with Gasteiger partial charge in [-0.25, -0.2) is 17.5 Å². The van der Waals surface area contributed by atoms with Gasteiger partial charge in [-0.15, -0.1) is 0 Å². The van der Waals surface area contributed by atoms with Gasteiger partial charge in [-0.2, -0.15) is 0 Å². The molecule has 118 valence electrons. The molecule has 1 N–H and O–H groups in total. The number of ether oxygens (including phenoxy) is 1. The van der Waals surface area contributed by atoms with Gasteiger partial charge in [-0.05, 0) is 42.8 Å². The summed E-state index contributed by atoms with van der Waals surface area (Å²) in [6.45, 7) is 1.69. The predicted molar refractivity (Wildman–Crippen MR) is 85.8 cm³/mol. The molecule has 0 unspecified atom stereocenters. The van der Waals surface area contributed by atoms with Crippen LogP contribution in [0, 0.1) is 5.82 Å². The number of methoxy groups -OCH3 is 1. The lowest BCUT2D eigenvalue weighted by Crippen LogP contribution is -2.27. The maximum atomic E-state index is 12.9. The van der Waals surface area contributed by atoms with Crippen molar-refractivity contribution in [3.05, 3.63) is 58.3 Å². The van der Waals surface area contributed by atoms with Crippen LogP contribution in [0.3, 0.4) is 0 Å². The summed E-state index contributed by atoms with van der Waals surface area (Å²) >= 11 is 3.25. The smallest absolute Gasteiger partial charge is 0.244 e. The quantitative estimate of drug-likeness (QED) is 0.851. The third-order valence-electron chi connectivity index (χ3n) is 3.12. The average Bonchev–Trinajstić information content (AvgIpc) is 2.47. The maximum Gasteiger partial charge on any atom is 0.244 e. The summed E-state index contributed by atoms with van der Waals surface area (Å²) in [5.74, 6) is -0.116. The Morgan fingerprint density at radius 1 is 1.18 bits per heavy atom. The second kappa shape index (κ2) is 6.76. The van der Waals surface area contributed by atoms with Crippen molar-refractivity contribution in [2.24, 2.45) is 0 Å². The normalized spacial score (nSPS) is 12.9. The van der Waals surface area contributed by atoms with Crippen LogP contribution in [0.2, 0.25) is 0 Å². The highest BCUT2D eigenvalue weighted by atomic mass is 79.9. The number of hydrogen-bond acceptors (Lipinski definition) is 3. The Morgan fingerprint density at radius 3 is 2.41 bits per heavy atom. The van der Waals surface area contributed by atoms with Gasteiger partial charge in [0.2, 0.25) is 10.0 Å². The molecule has 0 aliphatic rings. The van der Waals surface area contributed by atoms with Crippen molar-refractivity contribution in [3.63, 3.8) is 0 Å². The third-order valence-corrected chi connectivity index (χ3v) is 5.17. The molecule has 0 aliphatic heterocycles. The fraction of sp³-hybridized carbons (Fsp3) is 0.200. The van der Waals surface area contributed by atoms with Crippen molar-refractivity contribution in [2.45, 2.75) is 17.9 Å². The number of nitrogens with one attached hydrogen (secondary N) is 1. The van der Waals surface area contributed by atoms with Gasteiger partial charge in [-0.3, -0.25) is 0 Å². The zero-order chi connectivity index (χ0) is 16.3. The lowest BCUT2D eigenvalue weighted by molar-refractivity contribution is 0.402. The topological polar surface area (TPSA) is 55.4 Å². The van der Waals surface area contributed by atoms with Crippen molar-refractivity contribution in [1.82, 2.24) is 4.72 Å². The van der Waals surface area contributed by atoms with Crippen molar-refractivity contribution >= 4 is 26.0 Å². The van der Waals surface area contributed by atoms with E-state index in [4.69, 9.17) is 4.74 Å². The summed E-state index contributed by atoms with van der Waals surface area (Å²) in [6.07, 6.45) is 0. The van der Waals surface area contributed by atoms with Crippen molar-refractivity contribution in [3.8, 4) is 5.75 Å². The Kier molecular flexibility index (Phi) is 5.20. The minimum Gasteiger partial charge on any atom is -0.495 e. The molecule has 0 heterocycles. The number of rotatable bonds is 5. The third kappa shape index (κ3) is 3.85. The molecule has 0 aliphatic carbocycles. The molecule has 1 atom stereocenters. The van der Waals surface area contributed by atoms with Gasteiger partial charge in [0.05, 0.1) is 7.11 Å². The first-order valence-corrected chi connectivity index (χ1v) is 8.72. The molecule has 0 spiro atoms. The van der Waals surface area contributed by atoms with Crippen molar-refractivity contribution in [2.75, 3.05) is 7.11 Å². The van der Waals surface area contributed by atoms with Crippen LogP contribution in [0.5, 0.6) is 5.75 Å². The number of halogens is 2. The Hall–Kier alpha value is -1.44. The number of sulfonamides is 1. The van der Waals surface area contributed by atoms with Crippen LogP contribution in [-0.4, -0.2) is 15.5 Å². The second-order valence-electron chi connectivity index (χ2n) is 4.69. The van der Waals surface area contributed by atoms with E-state index in [2.05, 4.69) is 20.7 Å². The number of benzene rings is 2. The van der Waals surface area contributed by atoms with E-state index in [0.29, 0.717) is 10.0 Å². The van der Waals surface area contributed by atoms with E-state index in [9.17, 15) is 12.8 Å². The predicted octanol–water partition coefficient (Wildman–Crippen LogP) is 3.64. The fourth-order valence-electron chi connectivity index (χ4n) is 1.98. The van der Waals surface area contributed by atoms with E-state index in [1.165, 1.54) is 25.3 Å². The molecule has 2 aromatic carbocycles. The van der Waals surface area contributed by atoms with Gasteiger partial charge < -0.3 is 4.74 Å². The van der Waals surface area contributed by atoms with Crippen molar-refractivity contribution < 1.29 is 17.5 Å². The molecule has 7 heteroatoms. The Labute approximate surface area is 137 Å². The highest BCUT2D eigenvalue weighted by Crippen LogP contribution is 2.28. The van der Waals surface area contributed by atoms with Crippen molar-refractivity contribution in [1.29, 1.82) is 0 Å². The molecule has 0 amide bonds. The van der Waals surface area contributed by atoms with Crippen LogP contribution >= 0.6 is 15.9 Å². The summed E-state index contributed by atoms with van der Waals surface area (Å²) in [5.41, 5.74) is 0.666. The summed E-state index contributed by atoms with van der Waals surface area (Å²) < 4.78 is 46.3. The zero-order valence-corrected chi connectivity index (χ0v) is 14.4. The van der Waals surface area contributed by atoms with E-state index in [-0.39, 0.29) is 16.5 Å². The average molecular weight is 388 g/mol. The number of hydrogen-bond donors (Lipinski definition) is 1. The first kappa shape index (κ1) is 16.9. The van der Waals surface area contributed by atoms with Crippen LogP contribution in [-0.2, 0) is 10.0 Å². The summed E-state index contributed by atoms with van der Waals surface area (Å²) in [4.78, 5) is 0.0401. The Bertz CT molecular complexity index is 763. The molecule has 0 aromatic heterocycles. The highest BCUT2D eigenvalue weighted by Gasteiger charge is 2.22. The molecule has 0 radical (unpaired) electrons. The van der Waals surface area contributed by atoms with Gasteiger partial charge in [0.25, 0.3) is 0 Å². The lowest BCUT2D eigenvalue weighted by Gasteiger charge is -2.16. The molecule has 2 aromatic rings. The Balaban J connectivity index is 2.31.